The minimum Gasteiger partial charge on any atom is -0.496 e. The van der Waals surface area contributed by atoms with Crippen LogP contribution in [-0.2, 0) is 0 Å². The highest BCUT2D eigenvalue weighted by atomic mass is 32.2. The molecule has 32 heavy (non-hydrogen) atoms. The fourth-order valence-electron chi connectivity index (χ4n) is 3.92. The molecule has 0 spiro atoms. The third kappa shape index (κ3) is 4.50. The summed E-state index contributed by atoms with van der Waals surface area (Å²) in [6.07, 6.45) is 6.35. The zero-order valence-electron chi connectivity index (χ0n) is 18.2. The van der Waals surface area contributed by atoms with Gasteiger partial charge in [0.15, 0.2) is 5.16 Å². The van der Waals surface area contributed by atoms with Gasteiger partial charge < -0.3 is 14.5 Å². The van der Waals surface area contributed by atoms with Crippen LogP contribution in [-0.4, -0.2) is 70.7 Å². The largest absolute Gasteiger partial charge is 0.496 e. The van der Waals surface area contributed by atoms with Gasteiger partial charge in [0.05, 0.1) is 12.7 Å². The molecule has 0 unspecified atom stereocenters. The molecule has 0 N–H and O–H groups in total. The maximum Gasteiger partial charge on any atom is 0.257 e. The molecular formula is C24H26N4O3S. The highest BCUT2D eigenvalue weighted by Crippen LogP contribution is 2.22. The third-order valence-electron chi connectivity index (χ3n) is 5.57. The topological polar surface area (TPSA) is 67.7 Å². The number of benzene rings is 2. The van der Waals surface area contributed by atoms with Crippen molar-refractivity contribution in [3.8, 4) is 11.4 Å². The predicted molar refractivity (Wildman–Crippen MR) is 125 cm³/mol. The quantitative estimate of drug-likeness (QED) is 0.556. The maximum atomic E-state index is 13.2. The van der Waals surface area contributed by atoms with Crippen molar-refractivity contribution < 1.29 is 14.3 Å². The van der Waals surface area contributed by atoms with E-state index in [1.807, 2.05) is 58.3 Å². The minimum atomic E-state index is -0.0663. The number of rotatable bonds is 5. The SMILES string of the molecule is COc1ccccc1C(=O)N1CCCN(C(=O)c2cccc(-n3ccnc3SC)c2)CC1. The average Bonchev–Trinajstić information content (AvgIpc) is 3.19. The molecule has 8 heteroatoms. The number of carbonyl (C=O) groups excluding carboxylic acids is 2. The molecule has 3 aromatic rings. The molecule has 166 valence electrons. The Morgan fingerprint density at radius 2 is 1.72 bits per heavy atom. The van der Waals surface area contributed by atoms with E-state index in [1.54, 1.807) is 42.1 Å². The number of aromatic nitrogens is 2. The van der Waals surface area contributed by atoms with Crippen LogP contribution in [0.15, 0.2) is 66.1 Å². The van der Waals surface area contributed by atoms with Crippen LogP contribution in [0.5, 0.6) is 5.75 Å². The molecule has 7 nitrogen and oxygen atoms in total. The van der Waals surface area contributed by atoms with Crippen LogP contribution < -0.4 is 4.74 Å². The Bertz CT molecular complexity index is 1110. The van der Waals surface area contributed by atoms with Gasteiger partial charge in [0.1, 0.15) is 5.75 Å². The van der Waals surface area contributed by atoms with E-state index in [9.17, 15) is 9.59 Å². The van der Waals surface area contributed by atoms with Crippen molar-refractivity contribution >= 4 is 23.6 Å². The van der Waals surface area contributed by atoms with E-state index in [-0.39, 0.29) is 11.8 Å². The van der Waals surface area contributed by atoms with Gasteiger partial charge in [0.2, 0.25) is 0 Å². The Labute approximate surface area is 192 Å². The standard InChI is InChI=1S/C24H26N4O3S/c1-31-21-10-4-3-9-20(21)23(30)27-13-6-12-26(15-16-27)22(29)18-7-5-8-19(17-18)28-14-11-25-24(28)32-2/h3-5,7-11,14,17H,6,12-13,15-16H2,1-2H3. The minimum absolute atomic E-state index is 0.0238. The molecule has 1 saturated heterocycles. The van der Waals surface area contributed by atoms with Crippen LogP contribution >= 0.6 is 11.8 Å². The molecule has 0 atom stereocenters. The second-order valence-electron chi connectivity index (χ2n) is 7.47. The van der Waals surface area contributed by atoms with Crippen LogP contribution in [0.2, 0.25) is 0 Å². The summed E-state index contributed by atoms with van der Waals surface area (Å²) in [5.41, 5.74) is 2.08. The first-order valence-corrected chi connectivity index (χ1v) is 11.7. The second kappa shape index (κ2) is 9.91. The number of methoxy groups -OCH3 is 1. The van der Waals surface area contributed by atoms with E-state index in [1.165, 1.54) is 0 Å². The molecule has 1 aromatic heterocycles. The van der Waals surface area contributed by atoms with E-state index >= 15 is 0 Å². The molecule has 0 saturated carbocycles. The molecule has 1 fully saturated rings. The normalized spacial score (nSPS) is 14.2. The van der Waals surface area contributed by atoms with Gasteiger partial charge in [0.25, 0.3) is 11.8 Å². The Morgan fingerprint density at radius 1 is 0.969 bits per heavy atom. The smallest absolute Gasteiger partial charge is 0.257 e. The maximum absolute atomic E-state index is 13.2. The highest BCUT2D eigenvalue weighted by molar-refractivity contribution is 7.98. The van der Waals surface area contributed by atoms with E-state index in [0.29, 0.717) is 43.1 Å². The van der Waals surface area contributed by atoms with Crippen LogP contribution in [0.4, 0.5) is 0 Å². The van der Waals surface area contributed by atoms with Gasteiger partial charge in [0, 0.05) is 49.8 Å². The Balaban J connectivity index is 1.47. The molecule has 2 heterocycles. The van der Waals surface area contributed by atoms with Gasteiger partial charge >= 0.3 is 0 Å². The summed E-state index contributed by atoms with van der Waals surface area (Å²) in [6.45, 7) is 2.19. The van der Waals surface area contributed by atoms with Crippen LogP contribution in [0.1, 0.15) is 27.1 Å². The number of carbonyl (C=O) groups is 2. The van der Waals surface area contributed by atoms with Crippen molar-refractivity contribution in [2.24, 2.45) is 0 Å². The summed E-state index contributed by atoms with van der Waals surface area (Å²) in [7, 11) is 1.56. The van der Waals surface area contributed by atoms with E-state index < -0.39 is 0 Å². The van der Waals surface area contributed by atoms with Crippen molar-refractivity contribution in [1.82, 2.24) is 19.4 Å². The van der Waals surface area contributed by atoms with Gasteiger partial charge in [-0.1, -0.05) is 30.0 Å². The summed E-state index contributed by atoms with van der Waals surface area (Å²) < 4.78 is 7.31. The zero-order valence-corrected chi connectivity index (χ0v) is 19.0. The molecule has 0 bridgehead atoms. The molecular weight excluding hydrogens is 424 g/mol. The second-order valence-corrected chi connectivity index (χ2v) is 8.25. The number of thioether (sulfide) groups is 1. The van der Waals surface area contributed by atoms with E-state index in [4.69, 9.17) is 4.74 Å². The Kier molecular flexibility index (Phi) is 6.80. The summed E-state index contributed by atoms with van der Waals surface area (Å²) in [6, 6.07) is 14.8. The van der Waals surface area contributed by atoms with Crippen molar-refractivity contribution in [2.75, 3.05) is 39.5 Å². The number of imidazole rings is 1. The third-order valence-corrected chi connectivity index (χ3v) is 6.24. The number of amides is 2. The average molecular weight is 451 g/mol. The first kappa shape index (κ1) is 22.0. The fourth-order valence-corrected chi connectivity index (χ4v) is 4.45. The molecule has 1 aliphatic heterocycles. The number of hydrogen-bond donors (Lipinski definition) is 0. The molecule has 1 aliphatic rings. The number of ether oxygens (including phenoxy) is 1. The van der Waals surface area contributed by atoms with E-state index in [2.05, 4.69) is 4.98 Å². The van der Waals surface area contributed by atoms with Gasteiger partial charge in [-0.05, 0) is 43.0 Å². The van der Waals surface area contributed by atoms with Gasteiger partial charge in [-0.25, -0.2) is 4.98 Å². The summed E-state index contributed by atoms with van der Waals surface area (Å²) in [4.78, 5) is 34.3. The van der Waals surface area contributed by atoms with Crippen LogP contribution in [0.3, 0.4) is 0 Å². The highest BCUT2D eigenvalue weighted by Gasteiger charge is 2.25. The van der Waals surface area contributed by atoms with Crippen LogP contribution in [0, 0.1) is 0 Å². The summed E-state index contributed by atoms with van der Waals surface area (Å²) >= 11 is 1.56. The first-order valence-electron chi connectivity index (χ1n) is 10.5. The Hall–Kier alpha value is -3.26. The lowest BCUT2D eigenvalue weighted by Gasteiger charge is -2.23. The molecule has 2 amide bonds. The van der Waals surface area contributed by atoms with Crippen molar-refractivity contribution in [2.45, 2.75) is 11.6 Å². The Morgan fingerprint density at radius 3 is 2.47 bits per heavy atom. The van der Waals surface area contributed by atoms with Crippen molar-refractivity contribution in [3.63, 3.8) is 0 Å². The number of hydrogen-bond acceptors (Lipinski definition) is 5. The zero-order chi connectivity index (χ0) is 22.5. The van der Waals surface area contributed by atoms with Crippen molar-refractivity contribution in [3.05, 3.63) is 72.1 Å². The summed E-state index contributed by atoms with van der Waals surface area (Å²) in [5, 5.41) is 0.870. The lowest BCUT2D eigenvalue weighted by atomic mass is 10.1. The van der Waals surface area contributed by atoms with E-state index in [0.717, 1.165) is 17.3 Å². The summed E-state index contributed by atoms with van der Waals surface area (Å²) in [5.74, 6) is 0.475. The van der Waals surface area contributed by atoms with Gasteiger partial charge in [-0.15, -0.1) is 0 Å². The number of nitrogens with zero attached hydrogens (tertiary/aromatic N) is 4. The fraction of sp³-hybridized carbons (Fsp3) is 0.292. The first-order chi connectivity index (χ1) is 15.6. The molecule has 0 aliphatic carbocycles. The predicted octanol–water partition coefficient (Wildman–Crippen LogP) is 3.59. The molecule has 0 radical (unpaired) electrons. The monoisotopic (exact) mass is 450 g/mol. The molecule has 2 aromatic carbocycles. The van der Waals surface area contributed by atoms with Gasteiger partial charge in [-0.2, -0.15) is 0 Å². The van der Waals surface area contributed by atoms with Gasteiger partial charge in [-0.3, -0.25) is 14.2 Å². The van der Waals surface area contributed by atoms with Crippen molar-refractivity contribution in [1.29, 1.82) is 0 Å². The lowest BCUT2D eigenvalue weighted by molar-refractivity contribution is 0.0717. The number of para-hydroxylation sites is 1. The lowest BCUT2D eigenvalue weighted by Crippen LogP contribution is -2.37. The van der Waals surface area contributed by atoms with Crippen LogP contribution in [0.25, 0.3) is 5.69 Å². The molecule has 4 rings (SSSR count).